The minimum absolute atomic E-state index is 0.0439. The minimum Gasteiger partial charge on any atom is -0.350 e. The van der Waals surface area contributed by atoms with E-state index in [9.17, 15) is 17.6 Å². The second kappa shape index (κ2) is 8.53. The molecule has 0 aliphatic rings. The van der Waals surface area contributed by atoms with Crippen LogP contribution in [-0.4, -0.2) is 20.9 Å². The van der Waals surface area contributed by atoms with Crippen LogP contribution in [0.1, 0.15) is 11.1 Å². The molecule has 1 aromatic heterocycles. The Labute approximate surface area is 167 Å². The van der Waals surface area contributed by atoms with E-state index in [1.807, 2.05) is 31.2 Å². The highest BCUT2D eigenvalue weighted by Crippen LogP contribution is 2.28. The molecule has 8 heteroatoms. The van der Waals surface area contributed by atoms with Gasteiger partial charge in [-0.05, 0) is 41.6 Å². The first-order valence-corrected chi connectivity index (χ1v) is 10.8. The number of thiophene rings is 1. The number of aryl methyl sites for hydroxylation is 1. The molecule has 3 aromatic rings. The fraction of sp³-hybridized carbons (Fsp3) is 0.150. The third-order valence-corrected chi connectivity index (χ3v) is 7.32. The number of rotatable bonds is 7. The van der Waals surface area contributed by atoms with Gasteiger partial charge in [-0.15, -0.1) is 11.3 Å². The van der Waals surface area contributed by atoms with Crippen LogP contribution in [-0.2, 0) is 21.4 Å². The summed E-state index contributed by atoms with van der Waals surface area (Å²) in [7, 11) is -4.07. The first kappa shape index (κ1) is 20.0. The summed E-state index contributed by atoms with van der Waals surface area (Å²) in [6, 6.07) is 16.1. The normalized spacial score (nSPS) is 11.2. The van der Waals surface area contributed by atoms with Crippen molar-refractivity contribution in [2.75, 3.05) is 10.8 Å². The van der Waals surface area contributed by atoms with Crippen molar-refractivity contribution in [3.8, 4) is 0 Å². The lowest BCUT2D eigenvalue weighted by atomic mass is 10.1. The first-order chi connectivity index (χ1) is 13.4. The molecule has 0 saturated carbocycles. The summed E-state index contributed by atoms with van der Waals surface area (Å²) >= 11 is 1.01. The topological polar surface area (TPSA) is 66.5 Å². The van der Waals surface area contributed by atoms with Crippen LogP contribution in [0.5, 0.6) is 0 Å². The van der Waals surface area contributed by atoms with Gasteiger partial charge in [0.15, 0.2) is 0 Å². The number of benzene rings is 2. The lowest BCUT2D eigenvalue weighted by Crippen LogP contribution is -2.41. The van der Waals surface area contributed by atoms with Crippen LogP contribution in [0.2, 0.25) is 0 Å². The van der Waals surface area contributed by atoms with Crippen LogP contribution in [0.25, 0.3) is 0 Å². The molecule has 0 unspecified atom stereocenters. The average molecular weight is 419 g/mol. The molecule has 0 aliphatic heterocycles. The van der Waals surface area contributed by atoms with E-state index in [4.69, 9.17) is 0 Å². The fourth-order valence-corrected chi connectivity index (χ4v) is 5.19. The minimum atomic E-state index is -4.07. The molecular formula is C20H19FN2O3S2. The lowest BCUT2D eigenvalue weighted by Gasteiger charge is -2.23. The number of halogens is 1. The van der Waals surface area contributed by atoms with Gasteiger partial charge in [-0.2, -0.15) is 0 Å². The van der Waals surface area contributed by atoms with Gasteiger partial charge in [-0.1, -0.05) is 42.5 Å². The van der Waals surface area contributed by atoms with E-state index in [2.05, 4.69) is 5.32 Å². The van der Waals surface area contributed by atoms with Crippen LogP contribution >= 0.6 is 11.3 Å². The van der Waals surface area contributed by atoms with Crippen LogP contribution < -0.4 is 9.62 Å². The van der Waals surface area contributed by atoms with Gasteiger partial charge < -0.3 is 5.32 Å². The maximum atomic E-state index is 14.3. The summed E-state index contributed by atoms with van der Waals surface area (Å²) in [5, 5.41) is 4.33. The van der Waals surface area contributed by atoms with Gasteiger partial charge in [0.2, 0.25) is 5.91 Å². The average Bonchev–Trinajstić information content (AvgIpc) is 3.22. The van der Waals surface area contributed by atoms with Gasteiger partial charge in [0.05, 0.1) is 5.69 Å². The van der Waals surface area contributed by atoms with Crippen molar-refractivity contribution in [3.63, 3.8) is 0 Å². The predicted octanol–water partition coefficient (Wildman–Crippen LogP) is 3.71. The quantitative estimate of drug-likeness (QED) is 0.636. The molecule has 1 amide bonds. The zero-order valence-electron chi connectivity index (χ0n) is 15.1. The van der Waals surface area contributed by atoms with E-state index >= 15 is 0 Å². The Morgan fingerprint density at radius 3 is 2.46 bits per heavy atom. The molecule has 0 aliphatic carbocycles. The molecule has 28 heavy (non-hydrogen) atoms. The Hall–Kier alpha value is -2.71. The Morgan fingerprint density at radius 2 is 1.79 bits per heavy atom. The van der Waals surface area contributed by atoms with Gasteiger partial charge in [0.25, 0.3) is 10.0 Å². The zero-order chi connectivity index (χ0) is 20.1. The summed E-state index contributed by atoms with van der Waals surface area (Å²) in [6.07, 6.45) is 0. The summed E-state index contributed by atoms with van der Waals surface area (Å²) in [5.74, 6) is -1.24. The standard InChI is InChI=1S/C20H19FN2O3S2/c1-15-7-2-3-8-16(15)13-22-19(24)14-23(18-10-5-4-9-17(18)21)28(25,26)20-11-6-12-27-20/h2-12H,13-14H2,1H3,(H,22,24). The molecule has 0 radical (unpaired) electrons. The van der Waals surface area contributed by atoms with E-state index in [0.29, 0.717) is 0 Å². The van der Waals surface area contributed by atoms with Gasteiger partial charge in [0.1, 0.15) is 16.6 Å². The van der Waals surface area contributed by atoms with Crippen molar-refractivity contribution in [1.82, 2.24) is 5.32 Å². The Morgan fingerprint density at radius 1 is 1.07 bits per heavy atom. The fourth-order valence-electron chi connectivity index (χ4n) is 2.66. The highest BCUT2D eigenvalue weighted by atomic mass is 32.2. The monoisotopic (exact) mass is 418 g/mol. The molecule has 2 aromatic carbocycles. The highest BCUT2D eigenvalue weighted by molar-refractivity contribution is 7.94. The Balaban J connectivity index is 1.85. The molecule has 1 N–H and O–H groups in total. The molecule has 0 atom stereocenters. The lowest BCUT2D eigenvalue weighted by molar-refractivity contribution is -0.119. The summed E-state index contributed by atoms with van der Waals surface area (Å²) in [5.41, 5.74) is 1.77. The van der Waals surface area contributed by atoms with Crippen molar-refractivity contribution in [1.29, 1.82) is 0 Å². The Bertz CT molecular complexity index is 1070. The molecule has 0 bridgehead atoms. The maximum absolute atomic E-state index is 14.3. The second-order valence-electron chi connectivity index (χ2n) is 6.10. The molecule has 0 saturated heterocycles. The maximum Gasteiger partial charge on any atom is 0.274 e. The molecule has 146 valence electrons. The van der Waals surface area contributed by atoms with Crippen LogP contribution in [0.15, 0.2) is 70.3 Å². The number of carbonyl (C=O) groups is 1. The molecule has 1 heterocycles. The van der Waals surface area contributed by atoms with Gasteiger partial charge >= 0.3 is 0 Å². The van der Waals surface area contributed by atoms with Crippen molar-refractivity contribution in [2.45, 2.75) is 17.7 Å². The third kappa shape index (κ3) is 4.40. The smallest absolute Gasteiger partial charge is 0.274 e. The molecular weight excluding hydrogens is 399 g/mol. The molecule has 5 nitrogen and oxygen atoms in total. The number of sulfonamides is 1. The van der Waals surface area contributed by atoms with E-state index in [1.165, 1.54) is 24.3 Å². The predicted molar refractivity (Wildman–Crippen MR) is 108 cm³/mol. The van der Waals surface area contributed by atoms with Gasteiger partial charge in [-0.25, -0.2) is 12.8 Å². The second-order valence-corrected chi connectivity index (χ2v) is 9.14. The first-order valence-electron chi connectivity index (χ1n) is 8.51. The summed E-state index contributed by atoms with van der Waals surface area (Å²) in [4.78, 5) is 12.5. The van der Waals surface area contributed by atoms with Crippen LogP contribution in [0, 0.1) is 12.7 Å². The summed E-state index contributed by atoms with van der Waals surface area (Å²) in [6.45, 7) is 1.66. The van der Waals surface area contributed by atoms with Crippen molar-refractivity contribution in [3.05, 3.63) is 83.0 Å². The number of carbonyl (C=O) groups excluding carboxylic acids is 1. The van der Waals surface area contributed by atoms with Crippen molar-refractivity contribution < 1.29 is 17.6 Å². The van der Waals surface area contributed by atoms with Crippen molar-refractivity contribution >= 4 is 33.0 Å². The molecule has 3 rings (SSSR count). The van der Waals surface area contributed by atoms with Crippen molar-refractivity contribution in [2.24, 2.45) is 0 Å². The Kier molecular flexibility index (Phi) is 6.11. The SMILES string of the molecule is Cc1ccccc1CNC(=O)CN(c1ccccc1F)S(=O)(=O)c1cccs1. The number of amides is 1. The zero-order valence-corrected chi connectivity index (χ0v) is 16.8. The van der Waals surface area contributed by atoms with Gasteiger partial charge in [0, 0.05) is 6.54 Å². The van der Waals surface area contributed by atoms with E-state index in [-0.39, 0.29) is 16.4 Å². The van der Waals surface area contributed by atoms with Gasteiger partial charge in [-0.3, -0.25) is 9.10 Å². The third-order valence-electron chi connectivity index (χ3n) is 4.19. The molecule has 0 fully saturated rings. The largest absolute Gasteiger partial charge is 0.350 e. The number of anilines is 1. The number of hydrogen-bond acceptors (Lipinski definition) is 4. The highest BCUT2D eigenvalue weighted by Gasteiger charge is 2.29. The van der Waals surface area contributed by atoms with Crippen LogP contribution in [0.3, 0.4) is 0 Å². The van der Waals surface area contributed by atoms with E-state index in [1.54, 1.807) is 11.4 Å². The van der Waals surface area contributed by atoms with E-state index in [0.717, 1.165) is 32.8 Å². The van der Waals surface area contributed by atoms with Crippen LogP contribution in [0.4, 0.5) is 10.1 Å². The number of para-hydroxylation sites is 1. The summed E-state index contributed by atoms with van der Waals surface area (Å²) < 4.78 is 41.2. The van der Waals surface area contributed by atoms with E-state index < -0.39 is 28.3 Å². The number of hydrogen-bond donors (Lipinski definition) is 1. The number of nitrogens with one attached hydrogen (secondary N) is 1. The number of nitrogens with zero attached hydrogens (tertiary/aromatic N) is 1. The molecule has 0 spiro atoms.